The lowest BCUT2D eigenvalue weighted by Gasteiger charge is -2.31. The molecule has 0 radical (unpaired) electrons. The molecule has 0 bridgehead atoms. The van der Waals surface area contributed by atoms with E-state index in [1.807, 2.05) is 36.4 Å². The van der Waals surface area contributed by atoms with Crippen molar-refractivity contribution in [3.8, 4) is 0 Å². The minimum absolute atomic E-state index is 0.234. The zero-order valence-corrected chi connectivity index (χ0v) is 18.5. The molecule has 162 valence electrons. The molecule has 1 fully saturated rings. The third-order valence-electron chi connectivity index (χ3n) is 5.02. The van der Waals surface area contributed by atoms with Crippen molar-refractivity contribution in [1.82, 2.24) is 10.6 Å². The molecule has 0 atom stereocenters. The zero-order chi connectivity index (χ0) is 21.7. The molecule has 0 unspecified atom stereocenters. The fourth-order valence-corrected chi connectivity index (χ4v) is 5.49. The molecule has 0 spiro atoms. The molecule has 1 aromatic heterocycles. The maximum Gasteiger partial charge on any atom is 0.271 e. The highest BCUT2D eigenvalue weighted by atomic mass is 32.2. The quantitative estimate of drug-likeness (QED) is 0.509. The monoisotopic (exact) mass is 456 g/mol. The van der Waals surface area contributed by atoms with E-state index in [2.05, 4.69) is 20.3 Å². The number of nitrogens with one attached hydrogen (secondary N) is 3. The van der Waals surface area contributed by atoms with E-state index in [1.54, 1.807) is 29.6 Å². The Bertz CT molecular complexity index is 1130. The van der Waals surface area contributed by atoms with Gasteiger partial charge < -0.3 is 15.5 Å². The maximum absolute atomic E-state index is 12.9. The normalized spacial score (nSPS) is 14.3. The van der Waals surface area contributed by atoms with Gasteiger partial charge in [0.1, 0.15) is 4.21 Å². The molecule has 3 N–H and O–H groups in total. The minimum Gasteiger partial charge on any atom is -0.367 e. The Balaban J connectivity index is 1.60. The number of rotatable bonds is 7. The van der Waals surface area contributed by atoms with Crippen LogP contribution in [0.4, 0.5) is 11.4 Å². The molecule has 2 aromatic carbocycles. The molecule has 1 aliphatic heterocycles. The van der Waals surface area contributed by atoms with Gasteiger partial charge >= 0.3 is 0 Å². The fourth-order valence-electron chi connectivity index (χ4n) is 3.43. The Morgan fingerprint density at radius 3 is 2.52 bits per heavy atom. The van der Waals surface area contributed by atoms with E-state index in [4.69, 9.17) is 0 Å². The van der Waals surface area contributed by atoms with Gasteiger partial charge in [-0.05, 0) is 35.2 Å². The minimum atomic E-state index is -3.73. The van der Waals surface area contributed by atoms with Crippen LogP contribution in [0.1, 0.15) is 15.9 Å². The predicted molar refractivity (Wildman–Crippen MR) is 124 cm³/mol. The van der Waals surface area contributed by atoms with Gasteiger partial charge in [0, 0.05) is 38.3 Å². The Kier molecular flexibility index (Phi) is 6.55. The van der Waals surface area contributed by atoms with Crippen LogP contribution >= 0.6 is 11.3 Å². The van der Waals surface area contributed by atoms with Crippen molar-refractivity contribution >= 4 is 38.6 Å². The van der Waals surface area contributed by atoms with Gasteiger partial charge in [0.15, 0.2) is 0 Å². The van der Waals surface area contributed by atoms with Crippen LogP contribution in [0.2, 0.25) is 0 Å². The third kappa shape index (κ3) is 5.25. The number of benzene rings is 2. The maximum atomic E-state index is 12.9. The molecule has 0 aliphatic carbocycles. The van der Waals surface area contributed by atoms with Gasteiger partial charge in [-0.25, -0.2) is 8.42 Å². The molecule has 4 rings (SSSR count). The topological polar surface area (TPSA) is 90.5 Å². The average molecular weight is 457 g/mol. The molecule has 1 amide bonds. The second kappa shape index (κ2) is 9.51. The van der Waals surface area contributed by atoms with Gasteiger partial charge in [0.25, 0.3) is 15.9 Å². The van der Waals surface area contributed by atoms with Gasteiger partial charge in [-0.1, -0.05) is 36.4 Å². The van der Waals surface area contributed by atoms with Crippen molar-refractivity contribution in [1.29, 1.82) is 0 Å². The third-order valence-corrected chi connectivity index (χ3v) is 7.78. The molecule has 0 saturated carbocycles. The number of hydrogen-bond donors (Lipinski definition) is 3. The van der Waals surface area contributed by atoms with Crippen molar-refractivity contribution in [2.24, 2.45) is 0 Å². The summed E-state index contributed by atoms with van der Waals surface area (Å²) >= 11 is 1.15. The first-order valence-corrected chi connectivity index (χ1v) is 12.4. The fraction of sp³-hybridized carbons (Fsp3) is 0.227. The molecule has 1 aliphatic rings. The summed E-state index contributed by atoms with van der Waals surface area (Å²) in [5.74, 6) is -0.257. The summed E-state index contributed by atoms with van der Waals surface area (Å²) in [6.07, 6.45) is 0. The lowest BCUT2D eigenvalue weighted by Crippen LogP contribution is -2.43. The Morgan fingerprint density at radius 1 is 1.03 bits per heavy atom. The highest BCUT2D eigenvalue weighted by molar-refractivity contribution is 7.94. The standard InChI is InChI=1S/C22H24N4O3S2/c27-22(24-16-17-5-2-1-3-6-17)18-8-9-20(26-12-10-23-11-13-26)19(15-18)25-31(28,29)21-7-4-14-30-21/h1-9,14-15,23,25H,10-13,16H2,(H,24,27). The number of amides is 1. The number of carbonyl (C=O) groups excluding carboxylic acids is 1. The average Bonchev–Trinajstić information content (AvgIpc) is 3.35. The van der Waals surface area contributed by atoms with Crippen molar-refractivity contribution in [2.45, 2.75) is 10.8 Å². The van der Waals surface area contributed by atoms with Crippen molar-refractivity contribution in [2.75, 3.05) is 35.8 Å². The van der Waals surface area contributed by atoms with Gasteiger partial charge in [-0.2, -0.15) is 0 Å². The molecule has 31 heavy (non-hydrogen) atoms. The Labute approximate surface area is 186 Å². The molecular formula is C22H24N4O3S2. The first kappa shape index (κ1) is 21.4. The molecule has 7 nitrogen and oxygen atoms in total. The number of thiophene rings is 1. The first-order valence-electron chi connectivity index (χ1n) is 10.0. The van der Waals surface area contributed by atoms with Crippen molar-refractivity contribution in [3.63, 3.8) is 0 Å². The molecule has 3 aromatic rings. The van der Waals surface area contributed by atoms with Gasteiger partial charge in [-0.15, -0.1) is 11.3 Å². The van der Waals surface area contributed by atoms with Crippen molar-refractivity contribution < 1.29 is 13.2 Å². The zero-order valence-electron chi connectivity index (χ0n) is 16.9. The number of hydrogen-bond acceptors (Lipinski definition) is 6. The van der Waals surface area contributed by atoms with Gasteiger partial charge in [0.05, 0.1) is 11.4 Å². The van der Waals surface area contributed by atoms with Crippen LogP contribution in [0, 0.1) is 0 Å². The number of nitrogens with zero attached hydrogens (tertiary/aromatic N) is 1. The highest BCUT2D eigenvalue weighted by Crippen LogP contribution is 2.30. The van der Waals surface area contributed by atoms with E-state index in [0.29, 0.717) is 17.8 Å². The molecule has 2 heterocycles. The first-order chi connectivity index (χ1) is 15.0. The summed E-state index contributed by atoms with van der Waals surface area (Å²) in [5.41, 5.74) is 2.56. The smallest absolute Gasteiger partial charge is 0.271 e. The lowest BCUT2D eigenvalue weighted by molar-refractivity contribution is 0.0951. The summed E-state index contributed by atoms with van der Waals surface area (Å²) < 4.78 is 28.6. The van der Waals surface area contributed by atoms with Crippen LogP contribution in [0.5, 0.6) is 0 Å². The summed E-state index contributed by atoms with van der Waals surface area (Å²) in [5, 5.41) is 7.91. The van der Waals surface area contributed by atoms with Crippen LogP contribution in [0.25, 0.3) is 0 Å². The van der Waals surface area contributed by atoms with Crippen LogP contribution in [0.3, 0.4) is 0 Å². The SMILES string of the molecule is O=C(NCc1ccccc1)c1ccc(N2CCNCC2)c(NS(=O)(=O)c2cccs2)c1. The van der Waals surface area contributed by atoms with Crippen LogP contribution < -0.4 is 20.3 Å². The number of carbonyl (C=O) groups is 1. The van der Waals surface area contributed by atoms with Crippen molar-refractivity contribution in [3.05, 3.63) is 77.2 Å². The van der Waals surface area contributed by atoms with Gasteiger partial charge in [0.2, 0.25) is 0 Å². The summed E-state index contributed by atoms with van der Waals surface area (Å²) in [6, 6.07) is 18.1. The van der Waals surface area contributed by atoms with Gasteiger partial charge in [-0.3, -0.25) is 9.52 Å². The largest absolute Gasteiger partial charge is 0.367 e. The summed E-state index contributed by atoms with van der Waals surface area (Å²) in [4.78, 5) is 14.9. The van der Waals surface area contributed by atoms with E-state index in [-0.39, 0.29) is 10.1 Å². The second-order valence-corrected chi connectivity index (χ2v) is 10.0. The molecular weight excluding hydrogens is 432 g/mol. The Hall–Kier alpha value is -2.88. The number of anilines is 2. The van der Waals surface area contributed by atoms with E-state index < -0.39 is 10.0 Å². The highest BCUT2D eigenvalue weighted by Gasteiger charge is 2.22. The van der Waals surface area contributed by atoms with Crippen LogP contribution in [-0.4, -0.2) is 40.5 Å². The number of sulfonamides is 1. The van der Waals surface area contributed by atoms with Crippen LogP contribution in [0.15, 0.2) is 70.3 Å². The Morgan fingerprint density at radius 2 is 1.81 bits per heavy atom. The van der Waals surface area contributed by atoms with E-state index >= 15 is 0 Å². The second-order valence-electron chi connectivity index (χ2n) is 7.17. The number of piperazine rings is 1. The van der Waals surface area contributed by atoms with E-state index in [1.165, 1.54) is 0 Å². The predicted octanol–water partition coefficient (Wildman–Crippen LogP) is 2.89. The molecule has 1 saturated heterocycles. The lowest BCUT2D eigenvalue weighted by atomic mass is 10.1. The molecule has 9 heteroatoms. The van der Waals surface area contributed by atoms with Crippen LogP contribution in [-0.2, 0) is 16.6 Å². The van der Waals surface area contributed by atoms with E-state index in [0.717, 1.165) is 48.8 Å². The summed E-state index contributed by atoms with van der Waals surface area (Å²) in [6.45, 7) is 3.54. The summed E-state index contributed by atoms with van der Waals surface area (Å²) in [7, 11) is -3.73. The van der Waals surface area contributed by atoms with E-state index in [9.17, 15) is 13.2 Å².